The van der Waals surface area contributed by atoms with Crippen LogP contribution in [0.2, 0.25) is 0 Å². The van der Waals surface area contributed by atoms with Crippen LogP contribution in [0.5, 0.6) is 0 Å². The normalized spacial score (nSPS) is 11.3. The van der Waals surface area contributed by atoms with Gasteiger partial charge in [0.05, 0.1) is 0 Å². The van der Waals surface area contributed by atoms with E-state index in [2.05, 4.69) is 59.7 Å². The third-order valence-electron chi connectivity index (χ3n) is 3.23. The number of hydrogen-bond donors (Lipinski definition) is 1. The highest BCUT2D eigenvalue weighted by molar-refractivity contribution is 5.82. The Morgan fingerprint density at radius 1 is 1.06 bits per heavy atom. The fourth-order valence-corrected chi connectivity index (χ4v) is 2.25. The van der Waals surface area contributed by atoms with Gasteiger partial charge in [0.1, 0.15) is 0 Å². The second-order valence-electron chi connectivity index (χ2n) is 4.88. The van der Waals surface area contributed by atoms with Gasteiger partial charge in [-0.05, 0) is 56.0 Å². The van der Waals surface area contributed by atoms with Crippen LogP contribution >= 0.6 is 0 Å². The van der Waals surface area contributed by atoms with Gasteiger partial charge in [-0.25, -0.2) is 0 Å². The molecule has 18 heavy (non-hydrogen) atoms. The Bertz CT molecular complexity index is 493. The van der Waals surface area contributed by atoms with Gasteiger partial charge in [-0.3, -0.25) is 0 Å². The summed E-state index contributed by atoms with van der Waals surface area (Å²) in [6.07, 6.45) is 1.20. The van der Waals surface area contributed by atoms with Crippen LogP contribution in [0.1, 0.15) is 12.0 Å². The SMILES string of the molecule is CNCCCN(C)Cc1ccc2ccccc2c1. The standard InChI is InChI=1S/C16H22N2/c1-17-10-5-11-18(2)13-14-8-9-15-6-3-4-7-16(15)12-14/h3-4,6-9,12,17H,5,10-11,13H2,1-2H3. The third kappa shape index (κ3) is 3.56. The molecule has 0 aliphatic rings. The van der Waals surface area contributed by atoms with Gasteiger partial charge in [0.25, 0.3) is 0 Å². The highest BCUT2D eigenvalue weighted by Crippen LogP contribution is 2.16. The topological polar surface area (TPSA) is 15.3 Å². The van der Waals surface area contributed by atoms with E-state index in [1.54, 1.807) is 0 Å². The van der Waals surface area contributed by atoms with Crippen molar-refractivity contribution in [3.63, 3.8) is 0 Å². The van der Waals surface area contributed by atoms with Gasteiger partial charge >= 0.3 is 0 Å². The van der Waals surface area contributed by atoms with Gasteiger partial charge < -0.3 is 10.2 Å². The molecule has 2 nitrogen and oxygen atoms in total. The minimum atomic E-state index is 1.02. The molecule has 2 aromatic rings. The molecule has 0 bridgehead atoms. The smallest absolute Gasteiger partial charge is 0.0230 e. The first kappa shape index (κ1) is 13.1. The summed E-state index contributed by atoms with van der Waals surface area (Å²) in [6, 6.07) is 15.3. The molecule has 0 aliphatic carbocycles. The number of benzene rings is 2. The van der Waals surface area contributed by atoms with E-state index in [-0.39, 0.29) is 0 Å². The minimum absolute atomic E-state index is 1.02. The van der Waals surface area contributed by atoms with E-state index in [1.165, 1.54) is 22.8 Å². The van der Waals surface area contributed by atoms with Crippen LogP contribution < -0.4 is 5.32 Å². The van der Waals surface area contributed by atoms with Crippen LogP contribution in [0, 0.1) is 0 Å². The molecule has 0 aliphatic heterocycles. The van der Waals surface area contributed by atoms with Crippen molar-refractivity contribution in [1.82, 2.24) is 10.2 Å². The van der Waals surface area contributed by atoms with Crippen LogP contribution in [0.25, 0.3) is 10.8 Å². The van der Waals surface area contributed by atoms with Crippen molar-refractivity contribution < 1.29 is 0 Å². The lowest BCUT2D eigenvalue weighted by molar-refractivity contribution is 0.321. The van der Waals surface area contributed by atoms with Gasteiger partial charge in [0.2, 0.25) is 0 Å². The molecule has 0 saturated carbocycles. The highest BCUT2D eigenvalue weighted by Gasteiger charge is 2.01. The van der Waals surface area contributed by atoms with Crippen LogP contribution in [0.15, 0.2) is 42.5 Å². The first-order valence-corrected chi connectivity index (χ1v) is 6.60. The quantitative estimate of drug-likeness (QED) is 0.784. The molecule has 96 valence electrons. The number of rotatable bonds is 6. The second kappa shape index (κ2) is 6.53. The van der Waals surface area contributed by atoms with Crippen molar-refractivity contribution in [2.75, 3.05) is 27.2 Å². The zero-order valence-electron chi connectivity index (χ0n) is 11.3. The van der Waals surface area contributed by atoms with E-state index in [1.807, 2.05) is 7.05 Å². The second-order valence-corrected chi connectivity index (χ2v) is 4.88. The van der Waals surface area contributed by atoms with E-state index in [4.69, 9.17) is 0 Å². The molecule has 0 saturated heterocycles. The van der Waals surface area contributed by atoms with Gasteiger partial charge in [-0.2, -0.15) is 0 Å². The summed E-state index contributed by atoms with van der Waals surface area (Å²) in [5, 5.41) is 5.84. The highest BCUT2D eigenvalue weighted by atomic mass is 15.1. The molecule has 0 amide bonds. The molecule has 2 rings (SSSR count). The number of fused-ring (bicyclic) bond motifs is 1. The van der Waals surface area contributed by atoms with Crippen molar-refractivity contribution in [2.45, 2.75) is 13.0 Å². The summed E-state index contributed by atoms with van der Waals surface area (Å²) in [5.41, 5.74) is 1.39. The molecule has 0 atom stereocenters. The largest absolute Gasteiger partial charge is 0.320 e. The number of hydrogen-bond acceptors (Lipinski definition) is 2. The number of nitrogens with one attached hydrogen (secondary N) is 1. The summed E-state index contributed by atoms with van der Waals surface area (Å²) in [4.78, 5) is 2.38. The molecule has 0 heterocycles. The van der Waals surface area contributed by atoms with E-state index in [0.29, 0.717) is 0 Å². The number of nitrogens with zero attached hydrogens (tertiary/aromatic N) is 1. The van der Waals surface area contributed by atoms with Gasteiger partial charge in [0.15, 0.2) is 0 Å². The summed E-state index contributed by atoms with van der Waals surface area (Å²) >= 11 is 0. The molecule has 2 heteroatoms. The molecule has 0 aromatic heterocycles. The predicted octanol–water partition coefficient (Wildman–Crippen LogP) is 2.88. The molecular weight excluding hydrogens is 220 g/mol. The summed E-state index contributed by atoms with van der Waals surface area (Å²) in [7, 11) is 4.19. The molecule has 0 radical (unpaired) electrons. The Labute approximate surface area is 110 Å². The minimum Gasteiger partial charge on any atom is -0.320 e. The van der Waals surface area contributed by atoms with E-state index in [0.717, 1.165) is 19.6 Å². The zero-order valence-corrected chi connectivity index (χ0v) is 11.3. The first-order chi connectivity index (χ1) is 8.79. The summed E-state index contributed by atoms with van der Waals surface area (Å²) < 4.78 is 0. The lowest BCUT2D eigenvalue weighted by Gasteiger charge is -2.16. The molecular formula is C16H22N2. The lowest BCUT2D eigenvalue weighted by Crippen LogP contribution is -2.22. The van der Waals surface area contributed by atoms with Crippen LogP contribution in [-0.2, 0) is 6.54 Å². The van der Waals surface area contributed by atoms with Crippen molar-refractivity contribution in [2.24, 2.45) is 0 Å². The van der Waals surface area contributed by atoms with E-state index >= 15 is 0 Å². The Morgan fingerprint density at radius 3 is 2.61 bits per heavy atom. The summed E-state index contributed by atoms with van der Waals surface area (Å²) in [5.74, 6) is 0. The van der Waals surface area contributed by atoms with E-state index in [9.17, 15) is 0 Å². The Hall–Kier alpha value is -1.38. The average Bonchev–Trinajstić information content (AvgIpc) is 2.39. The van der Waals surface area contributed by atoms with Crippen LogP contribution in [-0.4, -0.2) is 32.1 Å². The fraction of sp³-hybridized carbons (Fsp3) is 0.375. The van der Waals surface area contributed by atoms with Crippen molar-refractivity contribution in [3.05, 3.63) is 48.0 Å². The molecule has 1 N–H and O–H groups in total. The Balaban J connectivity index is 1.98. The van der Waals surface area contributed by atoms with Crippen molar-refractivity contribution in [1.29, 1.82) is 0 Å². The fourth-order valence-electron chi connectivity index (χ4n) is 2.25. The monoisotopic (exact) mass is 242 g/mol. The third-order valence-corrected chi connectivity index (χ3v) is 3.23. The van der Waals surface area contributed by atoms with Crippen molar-refractivity contribution in [3.8, 4) is 0 Å². The maximum Gasteiger partial charge on any atom is 0.0230 e. The van der Waals surface area contributed by atoms with Crippen molar-refractivity contribution >= 4 is 10.8 Å². The molecule has 0 fully saturated rings. The average molecular weight is 242 g/mol. The predicted molar refractivity (Wildman–Crippen MR) is 78.8 cm³/mol. The zero-order chi connectivity index (χ0) is 12.8. The maximum atomic E-state index is 3.18. The molecule has 2 aromatic carbocycles. The Kier molecular flexibility index (Phi) is 4.73. The lowest BCUT2D eigenvalue weighted by atomic mass is 10.1. The maximum absolute atomic E-state index is 3.18. The van der Waals surface area contributed by atoms with E-state index < -0.39 is 0 Å². The van der Waals surface area contributed by atoms with Crippen LogP contribution in [0.4, 0.5) is 0 Å². The summed E-state index contributed by atoms with van der Waals surface area (Å²) in [6.45, 7) is 3.24. The Morgan fingerprint density at radius 2 is 1.83 bits per heavy atom. The van der Waals surface area contributed by atoms with Gasteiger partial charge in [-0.15, -0.1) is 0 Å². The molecule has 0 unspecified atom stereocenters. The van der Waals surface area contributed by atoms with Gasteiger partial charge in [-0.1, -0.05) is 36.4 Å². The molecule has 0 spiro atoms. The van der Waals surface area contributed by atoms with Gasteiger partial charge in [0, 0.05) is 6.54 Å². The first-order valence-electron chi connectivity index (χ1n) is 6.60. The van der Waals surface area contributed by atoms with Crippen LogP contribution in [0.3, 0.4) is 0 Å².